The van der Waals surface area contributed by atoms with E-state index < -0.39 is 0 Å². The number of hydrogen-bond donors (Lipinski definition) is 1. The molecule has 1 aromatic heterocycles. The molecule has 0 fully saturated rings. The van der Waals surface area contributed by atoms with Crippen molar-refractivity contribution in [2.75, 3.05) is 6.54 Å². The highest BCUT2D eigenvalue weighted by molar-refractivity contribution is 6.32. The number of benzene rings is 1. The predicted molar refractivity (Wildman–Crippen MR) is 81.2 cm³/mol. The second kappa shape index (κ2) is 7.48. The molecule has 5 heteroatoms. The Morgan fingerprint density at radius 3 is 2.86 bits per heavy atom. The van der Waals surface area contributed by atoms with Crippen molar-refractivity contribution >= 4 is 11.6 Å². The average molecular weight is 312 g/mol. The van der Waals surface area contributed by atoms with Crippen molar-refractivity contribution in [3.05, 3.63) is 52.2 Å². The van der Waals surface area contributed by atoms with E-state index in [4.69, 9.17) is 20.8 Å². The van der Waals surface area contributed by atoms with E-state index in [9.17, 15) is 4.39 Å². The third-order valence-corrected chi connectivity index (χ3v) is 3.34. The highest BCUT2D eigenvalue weighted by Crippen LogP contribution is 2.26. The van der Waals surface area contributed by atoms with Crippen LogP contribution in [-0.2, 0) is 13.2 Å². The summed E-state index contributed by atoms with van der Waals surface area (Å²) in [5, 5.41) is 3.55. The lowest BCUT2D eigenvalue weighted by atomic mass is 10.2. The van der Waals surface area contributed by atoms with Crippen LogP contribution >= 0.6 is 11.6 Å². The van der Waals surface area contributed by atoms with Gasteiger partial charge in [-0.1, -0.05) is 18.5 Å². The van der Waals surface area contributed by atoms with Gasteiger partial charge in [0.2, 0.25) is 0 Å². The maximum absolute atomic E-state index is 12.9. The van der Waals surface area contributed by atoms with Crippen molar-refractivity contribution in [1.29, 1.82) is 0 Å². The third kappa shape index (κ3) is 4.48. The summed E-state index contributed by atoms with van der Waals surface area (Å²) in [6, 6.07) is 6.00. The van der Waals surface area contributed by atoms with Crippen LogP contribution in [0.5, 0.6) is 5.75 Å². The fraction of sp³-hybridized carbons (Fsp3) is 0.375. The van der Waals surface area contributed by atoms with Crippen molar-refractivity contribution < 1.29 is 13.5 Å². The monoisotopic (exact) mass is 311 g/mol. The smallest absolute Gasteiger partial charge is 0.146 e. The summed E-state index contributed by atoms with van der Waals surface area (Å²) >= 11 is 5.91. The number of furan rings is 1. The SMILES string of the molecule is CCCNCc1oc(COc2ccc(F)cc2Cl)cc1C. The quantitative estimate of drug-likeness (QED) is 0.767. The highest BCUT2D eigenvalue weighted by atomic mass is 35.5. The number of hydrogen-bond acceptors (Lipinski definition) is 3. The van der Waals surface area contributed by atoms with Crippen LogP contribution in [0.15, 0.2) is 28.7 Å². The van der Waals surface area contributed by atoms with Gasteiger partial charge in [0.25, 0.3) is 0 Å². The van der Waals surface area contributed by atoms with Gasteiger partial charge in [-0.15, -0.1) is 0 Å². The first-order valence-electron chi connectivity index (χ1n) is 6.97. The lowest BCUT2D eigenvalue weighted by Gasteiger charge is -2.06. The van der Waals surface area contributed by atoms with Crippen LogP contribution in [0.25, 0.3) is 0 Å². The molecule has 0 bridgehead atoms. The predicted octanol–water partition coefficient (Wildman–Crippen LogP) is 4.46. The molecule has 0 unspecified atom stereocenters. The molecule has 21 heavy (non-hydrogen) atoms. The molecule has 0 aliphatic heterocycles. The molecule has 2 rings (SSSR count). The largest absolute Gasteiger partial charge is 0.484 e. The molecule has 0 saturated carbocycles. The Balaban J connectivity index is 1.95. The molecule has 1 heterocycles. The molecule has 2 aromatic rings. The molecule has 0 saturated heterocycles. The van der Waals surface area contributed by atoms with E-state index in [0.717, 1.165) is 30.0 Å². The van der Waals surface area contributed by atoms with Gasteiger partial charge in [-0.2, -0.15) is 0 Å². The lowest BCUT2D eigenvalue weighted by Crippen LogP contribution is -2.13. The van der Waals surface area contributed by atoms with Gasteiger partial charge < -0.3 is 14.5 Å². The highest BCUT2D eigenvalue weighted by Gasteiger charge is 2.09. The van der Waals surface area contributed by atoms with Gasteiger partial charge in [-0.25, -0.2) is 4.39 Å². The molecule has 0 aliphatic rings. The Kier molecular flexibility index (Phi) is 5.65. The van der Waals surface area contributed by atoms with Crippen molar-refractivity contribution in [3.8, 4) is 5.75 Å². The second-order valence-electron chi connectivity index (χ2n) is 4.86. The van der Waals surface area contributed by atoms with Gasteiger partial charge in [-0.05, 0) is 49.7 Å². The van der Waals surface area contributed by atoms with E-state index >= 15 is 0 Å². The zero-order valence-electron chi connectivity index (χ0n) is 12.2. The Bertz CT molecular complexity index is 598. The summed E-state index contributed by atoms with van der Waals surface area (Å²) in [6.07, 6.45) is 1.08. The minimum Gasteiger partial charge on any atom is -0.484 e. The van der Waals surface area contributed by atoms with E-state index in [1.165, 1.54) is 18.2 Å². The topological polar surface area (TPSA) is 34.4 Å². The van der Waals surface area contributed by atoms with E-state index in [1.54, 1.807) is 0 Å². The van der Waals surface area contributed by atoms with Gasteiger partial charge in [0.15, 0.2) is 0 Å². The van der Waals surface area contributed by atoms with Gasteiger partial charge in [0.1, 0.15) is 29.7 Å². The molecule has 3 nitrogen and oxygen atoms in total. The minimum atomic E-state index is -0.384. The van der Waals surface area contributed by atoms with E-state index in [0.29, 0.717) is 12.3 Å². The number of aryl methyl sites for hydroxylation is 1. The van der Waals surface area contributed by atoms with Gasteiger partial charge in [-0.3, -0.25) is 0 Å². The van der Waals surface area contributed by atoms with Crippen molar-refractivity contribution in [3.63, 3.8) is 0 Å². The standard InChI is InChI=1S/C16H19ClFNO2/c1-3-6-19-9-16-11(2)7-13(21-16)10-20-15-5-4-12(18)8-14(15)17/h4-5,7-8,19H,3,6,9-10H2,1-2H3. The molecule has 0 aliphatic carbocycles. The van der Waals surface area contributed by atoms with Crippen LogP contribution in [0.1, 0.15) is 30.4 Å². The van der Waals surface area contributed by atoms with Gasteiger partial charge in [0.05, 0.1) is 11.6 Å². The summed E-state index contributed by atoms with van der Waals surface area (Å²) in [6.45, 7) is 6.04. The number of ether oxygens (including phenoxy) is 1. The summed E-state index contributed by atoms with van der Waals surface area (Å²) in [4.78, 5) is 0. The third-order valence-electron chi connectivity index (χ3n) is 3.05. The van der Waals surface area contributed by atoms with Crippen LogP contribution < -0.4 is 10.1 Å². The second-order valence-corrected chi connectivity index (χ2v) is 5.27. The van der Waals surface area contributed by atoms with Gasteiger partial charge >= 0.3 is 0 Å². The van der Waals surface area contributed by atoms with Crippen LogP contribution in [0, 0.1) is 12.7 Å². The fourth-order valence-electron chi connectivity index (χ4n) is 1.96. The Hall–Kier alpha value is -1.52. The summed E-state index contributed by atoms with van der Waals surface area (Å²) < 4.78 is 24.2. The van der Waals surface area contributed by atoms with Crippen LogP contribution in [0.2, 0.25) is 5.02 Å². The normalized spacial score (nSPS) is 10.9. The lowest BCUT2D eigenvalue weighted by molar-refractivity contribution is 0.265. The summed E-state index contributed by atoms with van der Waals surface area (Å²) in [7, 11) is 0. The maximum atomic E-state index is 12.9. The molecule has 114 valence electrons. The van der Waals surface area contributed by atoms with E-state index in [-0.39, 0.29) is 17.4 Å². The zero-order chi connectivity index (χ0) is 15.2. The first-order chi connectivity index (χ1) is 10.1. The Labute approximate surface area is 129 Å². The Morgan fingerprint density at radius 2 is 2.14 bits per heavy atom. The molecule has 1 N–H and O–H groups in total. The molecule has 0 radical (unpaired) electrons. The van der Waals surface area contributed by atoms with E-state index in [1.807, 2.05) is 13.0 Å². The number of rotatable bonds is 7. The minimum absolute atomic E-state index is 0.253. The fourth-order valence-corrected chi connectivity index (χ4v) is 2.18. The van der Waals surface area contributed by atoms with Crippen LogP contribution in [-0.4, -0.2) is 6.54 Å². The molecule has 0 atom stereocenters. The zero-order valence-corrected chi connectivity index (χ0v) is 13.0. The van der Waals surface area contributed by atoms with Crippen LogP contribution in [0.3, 0.4) is 0 Å². The molecule has 0 spiro atoms. The average Bonchev–Trinajstić information content (AvgIpc) is 2.79. The first kappa shape index (κ1) is 15.9. The number of nitrogens with one attached hydrogen (secondary N) is 1. The molecular weight excluding hydrogens is 293 g/mol. The summed E-state index contributed by atoms with van der Waals surface area (Å²) in [5.74, 6) is 1.69. The van der Waals surface area contributed by atoms with Crippen LogP contribution in [0.4, 0.5) is 4.39 Å². The summed E-state index contributed by atoms with van der Waals surface area (Å²) in [5.41, 5.74) is 1.09. The molecular formula is C16H19ClFNO2. The molecule has 1 aromatic carbocycles. The first-order valence-corrected chi connectivity index (χ1v) is 7.34. The number of halogens is 2. The molecule has 0 amide bonds. The maximum Gasteiger partial charge on any atom is 0.146 e. The van der Waals surface area contributed by atoms with Crippen molar-refractivity contribution in [2.45, 2.75) is 33.4 Å². The van der Waals surface area contributed by atoms with Crippen molar-refractivity contribution in [2.24, 2.45) is 0 Å². The van der Waals surface area contributed by atoms with Gasteiger partial charge in [0, 0.05) is 0 Å². The van der Waals surface area contributed by atoms with E-state index in [2.05, 4.69) is 12.2 Å². The Morgan fingerprint density at radius 1 is 1.33 bits per heavy atom. The van der Waals surface area contributed by atoms with Crippen molar-refractivity contribution in [1.82, 2.24) is 5.32 Å².